The molecule has 19 heavy (non-hydrogen) atoms. The Hall–Kier alpha value is -1.61. The second-order valence-corrected chi connectivity index (χ2v) is 5.22. The molecule has 0 spiro atoms. The van der Waals surface area contributed by atoms with Gasteiger partial charge in [-0.3, -0.25) is 4.79 Å². The standard InChI is InChI=1S/C16H15BrO2/c1-3-12-5-4-6-14(9-12)19-16-10-13(17)7-8-15(16)11(2)18/h4-10H,3H2,1-2H3. The maximum absolute atomic E-state index is 11.6. The van der Waals surface area contributed by atoms with Gasteiger partial charge in [-0.1, -0.05) is 35.0 Å². The number of rotatable bonds is 4. The summed E-state index contributed by atoms with van der Waals surface area (Å²) in [5.74, 6) is 1.32. The summed E-state index contributed by atoms with van der Waals surface area (Å²) in [5, 5.41) is 0. The first-order chi connectivity index (χ1) is 9.10. The van der Waals surface area contributed by atoms with Crippen molar-refractivity contribution in [2.75, 3.05) is 0 Å². The molecule has 3 heteroatoms. The molecular formula is C16H15BrO2. The van der Waals surface area contributed by atoms with Gasteiger partial charge in [0, 0.05) is 4.47 Å². The molecule has 98 valence electrons. The van der Waals surface area contributed by atoms with Gasteiger partial charge in [0.25, 0.3) is 0 Å². The molecule has 2 aromatic carbocycles. The third kappa shape index (κ3) is 3.44. The average Bonchev–Trinajstić information content (AvgIpc) is 2.38. The molecule has 0 N–H and O–H groups in total. The molecule has 0 atom stereocenters. The molecule has 0 aliphatic heterocycles. The van der Waals surface area contributed by atoms with E-state index in [0.717, 1.165) is 16.6 Å². The summed E-state index contributed by atoms with van der Waals surface area (Å²) in [7, 11) is 0. The molecule has 0 amide bonds. The molecule has 2 nitrogen and oxygen atoms in total. The second-order valence-electron chi connectivity index (χ2n) is 4.30. The number of halogens is 1. The Bertz CT molecular complexity index is 605. The lowest BCUT2D eigenvalue weighted by Gasteiger charge is -2.10. The molecule has 0 saturated carbocycles. The molecular weight excluding hydrogens is 304 g/mol. The van der Waals surface area contributed by atoms with Crippen molar-refractivity contribution in [2.24, 2.45) is 0 Å². The summed E-state index contributed by atoms with van der Waals surface area (Å²) in [6.45, 7) is 3.64. The number of hydrogen-bond acceptors (Lipinski definition) is 2. The first-order valence-electron chi connectivity index (χ1n) is 6.17. The second kappa shape index (κ2) is 6.02. The number of benzene rings is 2. The minimum absolute atomic E-state index is 0.00542. The van der Waals surface area contributed by atoms with Crippen molar-refractivity contribution in [3.8, 4) is 11.5 Å². The lowest BCUT2D eigenvalue weighted by Crippen LogP contribution is -1.97. The molecule has 0 unspecified atom stereocenters. The fourth-order valence-corrected chi connectivity index (χ4v) is 2.17. The van der Waals surface area contributed by atoms with E-state index < -0.39 is 0 Å². The highest BCUT2D eigenvalue weighted by Gasteiger charge is 2.10. The summed E-state index contributed by atoms with van der Waals surface area (Å²) < 4.78 is 6.73. The first-order valence-corrected chi connectivity index (χ1v) is 6.96. The van der Waals surface area contributed by atoms with Crippen LogP contribution in [0.1, 0.15) is 29.8 Å². The van der Waals surface area contributed by atoms with Gasteiger partial charge in [-0.2, -0.15) is 0 Å². The van der Waals surface area contributed by atoms with E-state index in [0.29, 0.717) is 11.3 Å². The smallest absolute Gasteiger partial charge is 0.163 e. The summed E-state index contributed by atoms with van der Waals surface area (Å²) in [5.41, 5.74) is 1.79. The number of carbonyl (C=O) groups excluding carboxylic acids is 1. The van der Waals surface area contributed by atoms with Crippen molar-refractivity contribution in [2.45, 2.75) is 20.3 Å². The van der Waals surface area contributed by atoms with Crippen molar-refractivity contribution in [1.82, 2.24) is 0 Å². The van der Waals surface area contributed by atoms with Crippen molar-refractivity contribution in [3.05, 3.63) is 58.1 Å². The number of carbonyl (C=O) groups is 1. The average molecular weight is 319 g/mol. The predicted octanol–water partition coefficient (Wildman–Crippen LogP) is 5.01. The van der Waals surface area contributed by atoms with E-state index >= 15 is 0 Å². The van der Waals surface area contributed by atoms with Gasteiger partial charge in [-0.05, 0) is 49.2 Å². The van der Waals surface area contributed by atoms with E-state index in [4.69, 9.17) is 4.74 Å². The molecule has 0 aliphatic carbocycles. The lowest BCUT2D eigenvalue weighted by atomic mass is 10.1. The summed E-state index contributed by atoms with van der Waals surface area (Å²) in [6, 6.07) is 13.3. The van der Waals surface area contributed by atoms with Crippen molar-refractivity contribution >= 4 is 21.7 Å². The van der Waals surface area contributed by atoms with Crippen LogP contribution in [-0.2, 0) is 6.42 Å². The van der Waals surface area contributed by atoms with Crippen molar-refractivity contribution < 1.29 is 9.53 Å². The van der Waals surface area contributed by atoms with Gasteiger partial charge in [-0.25, -0.2) is 0 Å². The van der Waals surface area contributed by atoms with Gasteiger partial charge in [-0.15, -0.1) is 0 Å². The minimum atomic E-state index is -0.00542. The highest BCUT2D eigenvalue weighted by Crippen LogP contribution is 2.29. The highest BCUT2D eigenvalue weighted by molar-refractivity contribution is 9.10. The molecule has 0 aliphatic rings. The Morgan fingerprint density at radius 1 is 1.21 bits per heavy atom. The van der Waals surface area contributed by atoms with E-state index in [1.165, 1.54) is 5.56 Å². The normalized spacial score (nSPS) is 10.3. The van der Waals surface area contributed by atoms with E-state index in [1.54, 1.807) is 13.0 Å². The molecule has 0 fully saturated rings. The van der Waals surface area contributed by atoms with Crippen molar-refractivity contribution in [1.29, 1.82) is 0 Å². The fourth-order valence-electron chi connectivity index (χ4n) is 1.83. The van der Waals surface area contributed by atoms with Gasteiger partial charge >= 0.3 is 0 Å². The Kier molecular flexibility index (Phi) is 4.38. The largest absolute Gasteiger partial charge is 0.457 e. The van der Waals surface area contributed by atoms with Crippen LogP contribution in [0.25, 0.3) is 0 Å². The highest BCUT2D eigenvalue weighted by atomic mass is 79.9. The number of Topliss-reactive ketones (excluding diaryl/α,β-unsaturated/α-hetero) is 1. The maximum Gasteiger partial charge on any atom is 0.163 e. The fraction of sp³-hybridized carbons (Fsp3) is 0.188. The number of ketones is 1. The summed E-state index contributed by atoms with van der Waals surface area (Å²) >= 11 is 3.40. The molecule has 2 aromatic rings. The van der Waals surface area contributed by atoms with Gasteiger partial charge < -0.3 is 4.74 Å². The minimum Gasteiger partial charge on any atom is -0.457 e. The summed E-state index contributed by atoms with van der Waals surface area (Å²) in [6.07, 6.45) is 0.954. The van der Waals surface area contributed by atoms with E-state index in [2.05, 4.69) is 28.9 Å². The SMILES string of the molecule is CCc1cccc(Oc2cc(Br)ccc2C(C)=O)c1. The Labute approximate surface area is 121 Å². The third-order valence-electron chi connectivity index (χ3n) is 2.86. The molecule has 0 heterocycles. The van der Waals surface area contributed by atoms with Crippen LogP contribution in [0.2, 0.25) is 0 Å². The molecule has 0 aromatic heterocycles. The molecule has 2 rings (SSSR count). The zero-order valence-corrected chi connectivity index (χ0v) is 12.5. The van der Waals surface area contributed by atoms with Crippen LogP contribution in [0.15, 0.2) is 46.9 Å². The Morgan fingerprint density at radius 3 is 2.68 bits per heavy atom. The molecule has 0 radical (unpaired) electrons. The third-order valence-corrected chi connectivity index (χ3v) is 3.35. The van der Waals surface area contributed by atoms with Crippen molar-refractivity contribution in [3.63, 3.8) is 0 Å². The Morgan fingerprint density at radius 2 is 2.00 bits per heavy atom. The monoisotopic (exact) mass is 318 g/mol. The number of ether oxygens (including phenoxy) is 1. The van der Waals surface area contributed by atoms with Crippen LogP contribution >= 0.6 is 15.9 Å². The van der Waals surface area contributed by atoms with Crippen LogP contribution in [-0.4, -0.2) is 5.78 Å². The van der Waals surface area contributed by atoms with Crippen LogP contribution in [0.3, 0.4) is 0 Å². The number of hydrogen-bond donors (Lipinski definition) is 0. The first kappa shape index (κ1) is 13.8. The van der Waals surface area contributed by atoms with Gasteiger partial charge in [0.1, 0.15) is 11.5 Å². The summed E-state index contributed by atoms with van der Waals surface area (Å²) in [4.78, 5) is 11.6. The van der Waals surface area contributed by atoms with Gasteiger partial charge in [0.2, 0.25) is 0 Å². The number of aryl methyl sites for hydroxylation is 1. The topological polar surface area (TPSA) is 26.3 Å². The van der Waals surface area contributed by atoms with Crippen LogP contribution in [0, 0.1) is 0 Å². The van der Waals surface area contributed by atoms with E-state index in [9.17, 15) is 4.79 Å². The predicted molar refractivity (Wildman–Crippen MR) is 80.0 cm³/mol. The van der Waals surface area contributed by atoms with Crippen LogP contribution < -0.4 is 4.74 Å². The Balaban J connectivity index is 2.36. The van der Waals surface area contributed by atoms with Crippen LogP contribution in [0.4, 0.5) is 0 Å². The quantitative estimate of drug-likeness (QED) is 0.741. The zero-order chi connectivity index (χ0) is 13.8. The van der Waals surface area contributed by atoms with Gasteiger partial charge in [0.05, 0.1) is 5.56 Å². The zero-order valence-electron chi connectivity index (χ0n) is 10.9. The maximum atomic E-state index is 11.6. The van der Waals surface area contributed by atoms with Crippen LogP contribution in [0.5, 0.6) is 11.5 Å². The van der Waals surface area contributed by atoms with E-state index in [-0.39, 0.29) is 5.78 Å². The lowest BCUT2D eigenvalue weighted by molar-refractivity contribution is 0.101. The molecule has 0 saturated heterocycles. The van der Waals surface area contributed by atoms with E-state index in [1.807, 2.05) is 30.3 Å². The molecule has 0 bridgehead atoms. The van der Waals surface area contributed by atoms with Gasteiger partial charge in [0.15, 0.2) is 5.78 Å².